The van der Waals surface area contributed by atoms with Crippen molar-refractivity contribution in [3.8, 4) is 0 Å². The average molecular weight is 485 g/mol. The zero-order valence-electron chi connectivity index (χ0n) is 18.9. The van der Waals surface area contributed by atoms with Crippen molar-refractivity contribution in [1.82, 2.24) is 19.3 Å². The Bertz CT molecular complexity index is 1280. The Balaban J connectivity index is 1.49. The van der Waals surface area contributed by atoms with Crippen molar-refractivity contribution >= 4 is 27.4 Å². The maximum absolute atomic E-state index is 13.1. The molecule has 174 valence electrons. The van der Waals surface area contributed by atoms with Crippen LogP contribution in [0.1, 0.15) is 45.5 Å². The topological polar surface area (TPSA) is 86.8 Å². The van der Waals surface area contributed by atoms with Gasteiger partial charge in [0.1, 0.15) is 5.82 Å². The molecule has 33 heavy (non-hydrogen) atoms. The number of aryl methyl sites for hydroxylation is 1. The minimum Gasteiger partial charge on any atom is -0.344 e. The molecule has 0 bridgehead atoms. The lowest BCUT2D eigenvalue weighted by Crippen LogP contribution is -2.12. The summed E-state index contributed by atoms with van der Waals surface area (Å²) >= 11 is 1.33. The summed E-state index contributed by atoms with van der Waals surface area (Å²) in [5, 5.41) is 9.16. The zero-order chi connectivity index (χ0) is 23.6. The van der Waals surface area contributed by atoms with E-state index in [9.17, 15) is 13.2 Å². The summed E-state index contributed by atoms with van der Waals surface area (Å²) in [6, 6.07) is 12.1. The molecule has 1 atom stereocenters. The van der Waals surface area contributed by atoms with Gasteiger partial charge in [-0.25, -0.2) is 8.42 Å². The van der Waals surface area contributed by atoms with Crippen LogP contribution in [0, 0.1) is 13.8 Å². The highest BCUT2D eigenvalue weighted by Crippen LogP contribution is 2.30. The number of nitrogens with zero attached hydrogens (tertiary/aromatic N) is 4. The lowest BCUT2D eigenvalue weighted by molar-refractivity contribution is 0.102. The molecule has 4 rings (SSSR count). The van der Waals surface area contributed by atoms with Gasteiger partial charge in [0.05, 0.1) is 17.3 Å². The standard InChI is InChI=1S/C24H28N4O3S2/c1-4-11-27-23(20-10-12-33(30,31)16-20)25-26-24(27)32-15-22(29)21-13-17(2)28(18(21)3)14-19-8-6-5-7-9-19/h4-9,13,20H,1,10-12,14-16H2,2-3H3/t20-/m0/s1. The number of benzene rings is 1. The largest absolute Gasteiger partial charge is 0.344 e. The molecule has 1 aliphatic rings. The molecule has 0 unspecified atom stereocenters. The van der Waals surface area contributed by atoms with Crippen molar-refractivity contribution in [3.05, 3.63) is 77.4 Å². The number of hydrogen-bond acceptors (Lipinski definition) is 6. The Labute approximate surface area is 198 Å². The van der Waals surface area contributed by atoms with Crippen LogP contribution in [0.2, 0.25) is 0 Å². The Hall–Kier alpha value is -2.65. The molecule has 9 heteroatoms. The van der Waals surface area contributed by atoms with Gasteiger partial charge in [-0.3, -0.25) is 4.79 Å². The van der Waals surface area contributed by atoms with Gasteiger partial charge in [-0.1, -0.05) is 48.2 Å². The number of allylic oxidation sites excluding steroid dienone is 1. The number of carbonyl (C=O) groups is 1. The van der Waals surface area contributed by atoms with Crippen LogP contribution in [0.3, 0.4) is 0 Å². The van der Waals surface area contributed by atoms with Crippen molar-refractivity contribution in [2.24, 2.45) is 0 Å². The Morgan fingerprint density at radius 3 is 2.64 bits per heavy atom. The predicted molar refractivity (Wildman–Crippen MR) is 131 cm³/mol. The lowest BCUT2D eigenvalue weighted by Gasteiger charge is -2.11. The van der Waals surface area contributed by atoms with Gasteiger partial charge < -0.3 is 9.13 Å². The third-order valence-corrected chi connectivity index (χ3v) is 8.78. The number of thioether (sulfide) groups is 1. The second-order valence-electron chi connectivity index (χ2n) is 8.41. The first-order valence-electron chi connectivity index (χ1n) is 10.9. The summed E-state index contributed by atoms with van der Waals surface area (Å²) in [5.74, 6) is 1.03. The number of hydrogen-bond donors (Lipinski definition) is 0. The van der Waals surface area contributed by atoms with Crippen LogP contribution in [0.4, 0.5) is 0 Å². The van der Waals surface area contributed by atoms with Crippen LogP contribution in [0.25, 0.3) is 0 Å². The number of rotatable bonds is 9. The Morgan fingerprint density at radius 2 is 1.97 bits per heavy atom. The van der Waals surface area contributed by atoms with Gasteiger partial charge in [0.15, 0.2) is 20.8 Å². The SMILES string of the molecule is C=CCn1c(SCC(=O)c2cc(C)n(Cc3ccccc3)c2C)nnc1[C@H]1CCS(=O)(=O)C1. The third-order valence-electron chi connectivity index (χ3n) is 6.04. The van der Waals surface area contributed by atoms with E-state index in [-0.39, 0.29) is 29.0 Å². The van der Waals surface area contributed by atoms with Crippen LogP contribution in [-0.2, 0) is 22.9 Å². The van der Waals surface area contributed by atoms with Gasteiger partial charge in [0.25, 0.3) is 0 Å². The van der Waals surface area contributed by atoms with Crippen molar-refractivity contribution in [2.75, 3.05) is 17.3 Å². The number of aromatic nitrogens is 4. The first kappa shape index (κ1) is 23.5. The van der Waals surface area contributed by atoms with E-state index in [1.54, 1.807) is 6.08 Å². The van der Waals surface area contributed by atoms with Crippen LogP contribution in [-0.4, -0.2) is 50.8 Å². The highest BCUT2D eigenvalue weighted by molar-refractivity contribution is 7.99. The molecular formula is C24H28N4O3S2. The molecule has 7 nitrogen and oxygen atoms in total. The summed E-state index contributed by atoms with van der Waals surface area (Å²) in [6.07, 6.45) is 2.29. The first-order valence-corrected chi connectivity index (χ1v) is 13.7. The third kappa shape index (κ3) is 5.14. The van der Waals surface area contributed by atoms with Crippen molar-refractivity contribution in [1.29, 1.82) is 0 Å². The van der Waals surface area contributed by atoms with Crippen molar-refractivity contribution in [3.63, 3.8) is 0 Å². The minimum atomic E-state index is -3.03. The van der Waals surface area contributed by atoms with E-state index >= 15 is 0 Å². The van der Waals surface area contributed by atoms with Gasteiger partial charge >= 0.3 is 0 Å². The Kier molecular flexibility index (Phi) is 6.90. The second kappa shape index (κ2) is 9.69. The molecule has 0 aliphatic carbocycles. The van der Waals surface area contributed by atoms with E-state index in [2.05, 4.69) is 33.5 Å². The monoisotopic (exact) mass is 484 g/mol. The predicted octanol–water partition coefficient (Wildman–Crippen LogP) is 3.81. The van der Waals surface area contributed by atoms with E-state index in [0.717, 1.165) is 17.9 Å². The van der Waals surface area contributed by atoms with Gasteiger partial charge in [-0.15, -0.1) is 16.8 Å². The van der Waals surface area contributed by atoms with E-state index in [1.807, 2.05) is 42.7 Å². The van der Waals surface area contributed by atoms with Crippen LogP contribution in [0.5, 0.6) is 0 Å². The summed E-state index contributed by atoms with van der Waals surface area (Å²) < 4.78 is 27.9. The quantitative estimate of drug-likeness (QED) is 0.261. The maximum Gasteiger partial charge on any atom is 0.191 e. The van der Waals surface area contributed by atoms with Crippen molar-refractivity contribution < 1.29 is 13.2 Å². The normalized spacial score (nSPS) is 17.3. The highest BCUT2D eigenvalue weighted by atomic mass is 32.2. The highest BCUT2D eigenvalue weighted by Gasteiger charge is 2.33. The molecule has 3 heterocycles. The zero-order valence-corrected chi connectivity index (χ0v) is 20.5. The summed E-state index contributed by atoms with van der Waals surface area (Å²) in [6.45, 7) is 8.99. The molecule has 2 aromatic heterocycles. The molecule has 0 N–H and O–H groups in total. The lowest BCUT2D eigenvalue weighted by atomic mass is 10.1. The number of sulfone groups is 1. The van der Waals surface area contributed by atoms with Gasteiger partial charge in [0, 0.05) is 36.0 Å². The summed E-state index contributed by atoms with van der Waals surface area (Å²) in [4.78, 5) is 13.1. The van der Waals surface area contributed by atoms with Crippen LogP contribution < -0.4 is 0 Å². The molecule has 3 aromatic rings. The van der Waals surface area contributed by atoms with Crippen LogP contribution in [0.15, 0.2) is 54.2 Å². The Morgan fingerprint density at radius 1 is 1.21 bits per heavy atom. The molecule has 1 aromatic carbocycles. The fraction of sp³-hybridized carbons (Fsp3) is 0.375. The van der Waals surface area contributed by atoms with Crippen LogP contribution >= 0.6 is 11.8 Å². The van der Waals surface area contributed by atoms with E-state index < -0.39 is 9.84 Å². The minimum absolute atomic E-state index is 0.0329. The molecular weight excluding hydrogens is 456 g/mol. The smallest absolute Gasteiger partial charge is 0.191 e. The van der Waals surface area contributed by atoms with Gasteiger partial charge in [-0.2, -0.15) is 0 Å². The number of Topliss-reactive ketones (excluding diaryl/α,β-unsaturated/α-hetero) is 1. The number of ketones is 1. The fourth-order valence-electron chi connectivity index (χ4n) is 4.31. The summed E-state index contributed by atoms with van der Waals surface area (Å²) in [5.41, 5.74) is 3.90. The first-order chi connectivity index (χ1) is 15.8. The molecule has 0 spiro atoms. The van der Waals surface area contributed by atoms with Gasteiger partial charge in [-0.05, 0) is 31.9 Å². The van der Waals surface area contributed by atoms with Gasteiger partial charge in [0.2, 0.25) is 0 Å². The summed E-state index contributed by atoms with van der Waals surface area (Å²) in [7, 11) is -3.03. The van der Waals surface area contributed by atoms with E-state index in [0.29, 0.717) is 29.5 Å². The molecule has 0 amide bonds. The molecule has 1 fully saturated rings. The fourth-order valence-corrected chi connectivity index (χ4v) is 6.89. The van der Waals surface area contributed by atoms with E-state index in [1.165, 1.54) is 17.3 Å². The molecule has 0 radical (unpaired) electrons. The number of carbonyl (C=O) groups excluding carboxylic acids is 1. The van der Waals surface area contributed by atoms with Crippen molar-refractivity contribution in [2.45, 2.75) is 44.4 Å². The average Bonchev–Trinajstić information content (AvgIpc) is 3.44. The molecule has 0 saturated carbocycles. The second-order valence-corrected chi connectivity index (χ2v) is 11.6. The molecule has 1 saturated heterocycles. The maximum atomic E-state index is 13.1. The molecule has 1 aliphatic heterocycles. The van der Waals surface area contributed by atoms with E-state index in [4.69, 9.17) is 0 Å².